The minimum Gasteiger partial charge on any atom is -0.310 e. The second-order valence-corrected chi connectivity index (χ2v) is 15.5. The summed E-state index contributed by atoms with van der Waals surface area (Å²) in [7, 11) is -0.824. The standard InChI is InChI=1S/C49H36N4Si/c1-4-13-35(14-5-1)36-23-26-41(27-24-36)51(42-29-31-50-32-30-42)43-20-12-15-37(33-43)38-25-28-47-46(34-38)53(40-18-8-3-9-19-40)49-48(54-47)44-21-10-11-22-45(44)52(49)39-16-6-2-7-17-39/h1-34H,54H2. The van der Waals surface area contributed by atoms with Crippen molar-refractivity contribution in [3.8, 4) is 27.9 Å². The summed E-state index contributed by atoms with van der Waals surface area (Å²) in [5.41, 5.74) is 12.8. The van der Waals surface area contributed by atoms with E-state index in [1.54, 1.807) is 0 Å². The SMILES string of the molecule is c1ccc(-c2ccc(N(c3ccncc3)c3cccc(-c4ccc5c(c4)N(c4ccccc4)c4c(c6ccccc6n4-c4ccccc4)[SiH2]5)c3)cc2)cc1. The lowest BCUT2D eigenvalue weighted by Gasteiger charge is -2.34. The van der Waals surface area contributed by atoms with Gasteiger partial charge in [-0.2, -0.15) is 0 Å². The maximum atomic E-state index is 4.33. The van der Waals surface area contributed by atoms with Crippen LogP contribution in [0.3, 0.4) is 0 Å². The van der Waals surface area contributed by atoms with Crippen LogP contribution in [0.15, 0.2) is 207 Å². The first-order chi connectivity index (χ1) is 26.8. The molecule has 10 rings (SSSR count). The molecule has 1 aliphatic rings. The third-order valence-electron chi connectivity index (χ3n) is 10.5. The molecule has 54 heavy (non-hydrogen) atoms. The zero-order valence-electron chi connectivity index (χ0n) is 29.6. The Kier molecular flexibility index (Phi) is 7.97. The van der Waals surface area contributed by atoms with Crippen molar-refractivity contribution in [1.29, 1.82) is 0 Å². The largest absolute Gasteiger partial charge is 0.310 e. The Balaban J connectivity index is 1.10. The molecule has 7 aromatic carbocycles. The molecule has 1 aliphatic heterocycles. The molecule has 9 aromatic rings. The predicted octanol–water partition coefficient (Wildman–Crippen LogP) is 10.7. The van der Waals surface area contributed by atoms with Crippen molar-refractivity contribution >= 4 is 65.1 Å². The van der Waals surface area contributed by atoms with Gasteiger partial charge in [-0.1, -0.05) is 121 Å². The fourth-order valence-electron chi connectivity index (χ4n) is 7.98. The van der Waals surface area contributed by atoms with Crippen LogP contribution < -0.4 is 20.2 Å². The molecular formula is C49H36N4Si. The number of aromatic nitrogens is 2. The molecule has 0 saturated carbocycles. The average molecular weight is 709 g/mol. The maximum Gasteiger partial charge on any atom is 0.122 e. The van der Waals surface area contributed by atoms with Crippen molar-refractivity contribution in [2.75, 3.05) is 9.80 Å². The number of anilines is 6. The number of fused-ring (bicyclic) bond motifs is 4. The Bertz CT molecular complexity index is 2730. The topological polar surface area (TPSA) is 24.3 Å². The third-order valence-corrected chi connectivity index (χ3v) is 12.5. The number of rotatable bonds is 7. The Labute approximate surface area is 317 Å². The van der Waals surface area contributed by atoms with E-state index in [2.05, 4.69) is 213 Å². The van der Waals surface area contributed by atoms with Crippen LogP contribution in [0.4, 0.5) is 34.3 Å². The van der Waals surface area contributed by atoms with Gasteiger partial charge in [0.25, 0.3) is 0 Å². The molecule has 0 amide bonds. The van der Waals surface area contributed by atoms with Gasteiger partial charge in [0.2, 0.25) is 0 Å². The lowest BCUT2D eigenvalue weighted by Crippen LogP contribution is -2.40. The summed E-state index contributed by atoms with van der Waals surface area (Å²) in [6.45, 7) is 0. The number of para-hydroxylation sites is 3. The normalized spacial score (nSPS) is 12.4. The van der Waals surface area contributed by atoms with Crippen LogP contribution >= 0.6 is 0 Å². The van der Waals surface area contributed by atoms with E-state index in [-0.39, 0.29) is 0 Å². The Morgan fingerprint density at radius 2 is 1.04 bits per heavy atom. The molecule has 0 saturated heterocycles. The minimum absolute atomic E-state index is 0.824. The van der Waals surface area contributed by atoms with Crippen LogP contribution in [-0.2, 0) is 0 Å². The molecule has 0 bridgehead atoms. The molecule has 0 unspecified atom stereocenters. The molecule has 0 atom stereocenters. The fourth-order valence-corrected chi connectivity index (χ4v) is 10.0. The van der Waals surface area contributed by atoms with Gasteiger partial charge in [0.1, 0.15) is 5.82 Å². The highest BCUT2D eigenvalue weighted by molar-refractivity contribution is 6.74. The smallest absolute Gasteiger partial charge is 0.122 e. The summed E-state index contributed by atoms with van der Waals surface area (Å²) in [5.74, 6) is 1.25. The second-order valence-electron chi connectivity index (χ2n) is 13.7. The zero-order chi connectivity index (χ0) is 35.8. The third kappa shape index (κ3) is 5.59. The van der Waals surface area contributed by atoms with Gasteiger partial charge < -0.3 is 4.90 Å². The van der Waals surface area contributed by atoms with E-state index in [1.807, 2.05) is 12.4 Å². The number of hydrogen-bond acceptors (Lipinski definition) is 3. The van der Waals surface area contributed by atoms with Crippen LogP contribution in [0.5, 0.6) is 0 Å². The van der Waals surface area contributed by atoms with Crippen molar-refractivity contribution in [3.05, 3.63) is 207 Å². The summed E-state index contributed by atoms with van der Waals surface area (Å²) < 4.78 is 2.47. The molecule has 5 heteroatoms. The van der Waals surface area contributed by atoms with Crippen LogP contribution in [0.25, 0.3) is 38.8 Å². The molecule has 2 aromatic heterocycles. The first kappa shape index (κ1) is 31.8. The monoisotopic (exact) mass is 708 g/mol. The molecule has 0 fully saturated rings. The highest BCUT2D eigenvalue weighted by Crippen LogP contribution is 2.42. The number of nitrogens with zero attached hydrogens (tertiary/aromatic N) is 4. The van der Waals surface area contributed by atoms with E-state index >= 15 is 0 Å². The van der Waals surface area contributed by atoms with Gasteiger partial charge in [0.05, 0.1) is 15.0 Å². The first-order valence-electron chi connectivity index (χ1n) is 18.4. The quantitative estimate of drug-likeness (QED) is 0.154. The number of hydrogen-bond donors (Lipinski definition) is 0. The van der Waals surface area contributed by atoms with Crippen molar-refractivity contribution in [2.45, 2.75) is 0 Å². The zero-order valence-corrected chi connectivity index (χ0v) is 31.0. The van der Waals surface area contributed by atoms with Gasteiger partial charge in [0.15, 0.2) is 0 Å². The Morgan fingerprint density at radius 1 is 0.444 bits per heavy atom. The van der Waals surface area contributed by atoms with Crippen LogP contribution in [0.1, 0.15) is 0 Å². The molecule has 0 radical (unpaired) electrons. The molecule has 0 N–H and O–H groups in total. The lowest BCUT2D eigenvalue weighted by atomic mass is 10.0. The number of benzene rings is 7. The second kappa shape index (κ2) is 13.5. The van der Waals surface area contributed by atoms with E-state index in [0.717, 1.165) is 22.7 Å². The number of pyridine rings is 1. The van der Waals surface area contributed by atoms with E-state index in [0.29, 0.717) is 0 Å². The minimum atomic E-state index is -0.824. The summed E-state index contributed by atoms with van der Waals surface area (Å²) in [4.78, 5) is 9.14. The molecule has 4 nitrogen and oxygen atoms in total. The highest BCUT2D eigenvalue weighted by atomic mass is 28.2. The highest BCUT2D eigenvalue weighted by Gasteiger charge is 2.31. The maximum absolute atomic E-state index is 4.33. The van der Waals surface area contributed by atoms with Crippen LogP contribution in [0.2, 0.25) is 0 Å². The van der Waals surface area contributed by atoms with Gasteiger partial charge in [0, 0.05) is 51.9 Å². The van der Waals surface area contributed by atoms with Crippen molar-refractivity contribution < 1.29 is 0 Å². The van der Waals surface area contributed by atoms with Crippen LogP contribution in [-0.4, -0.2) is 19.1 Å². The average Bonchev–Trinajstić information content (AvgIpc) is 3.58. The van der Waals surface area contributed by atoms with Crippen molar-refractivity contribution in [2.24, 2.45) is 0 Å². The van der Waals surface area contributed by atoms with E-state index < -0.39 is 9.52 Å². The van der Waals surface area contributed by atoms with E-state index in [9.17, 15) is 0 Å². The molecule has 256 valence electrons. The summed E-state index contributed by atoms with van der Waals surface area (Å²) in [6.07, 6.45) is 3.72. The first-order valence-corrected chi connectivity index (χ1v) is 19.8. The van der Waals surface area contributed by atoms with Crippen molar-refractivity contribution in [3.63, 3.8) is 0 Å². The predicted molar refractivity (Wildman–Crippen MR) is 229 cm³/mol. The van der Waals surface area contributed by atoms with E-state index in [1.165, 1.54) is 60.7 Å². The fraction of sp³-hybridized carbons (Fsp3) is 0. The molecule has 0 aliphatic carbocycles. The van der Waals surface area contributed by atoms with E-state index in [4.69, 9.17) is 0 Å². The van der Waals surface area contributed by atoms with Gasteiger partial charge in [-0.15, -0.1) is 0 Å². The van der Waals surface area contributed by atoms with Gasteiger partial charge in [-0.05, 0) is 105 Å². The molecular weight excluding hydrogens is 673 g/mol. The van der Waals surface area contributed by atoms with Gasteiger partial charge >= 0.3 is 0 Å². The Hall–Kier alpha value is -6.95. The molecule has 3 heterocycles. The lowest BCUT2D eigenvalue weighted by molar-refractivity contribution is 1.08. The van der Waals surface area contributed by atoms with Crippen molar-refractivity contribution in [1.82, 2.24) is 9.55 Å². The summed E-state index contributed by atoms with van der Waals surface area (Å²) in [5, 5.41) is 4.27. The van der Waals surface area contributed by atoms with Gasteiger partial charge in [-0.25, -0.2) is 0 Å². The molecule has 0 spiro atoms. The summed E-state index contributed by atoms with van der Waals surface area (Å²) >= 11 is 0. The summed E-state index contributed by atoms with van der Waals surface area (Å²) in [6, 6.07) is 70.1. The van der Waals surface area contributed by atoms with Crippen LogP contribution in [0, 0.1) is 0 Å². The van der Waals surface area contributed by atoms with Gasteiger partial charge in [-0.3, -0.25) is 14.5 Å². The Morgan fingerprint density at radius 3 is 1.80 bits per heavy atom.